The highest BCUT2D eigenvalue weighted by molar-refractivity contribution is 7.89. The predicted molar refractivity (Wildman–Crippen MR) is 78.2 cm³/mol. The fourth-order valence-electron chi connectivity index (χ4n) is 2.05. The van der Waals surface area contributed by atoms with E-state index in [9.17, 15) is 8.42 Å². The van der Waals surface area contributed by atoms with Crippen LogP contribution in [0.4, 0.5) is 0 Å². The SMILES string of the molecule is CCOc1c(Cc2ccccc2)cccc1S(N)(=O)=O. The molecule has 2 aromatic rings. The fraction of sp³-hybridized carbons (Fsp3) is 0.200. The van der Waals surface area contributed by atoms with E-state index >= 15 is 0 Å². The molecule has 0 amide bonds. The normalized spacial score (nSPS) is 11.3. The molecule has 0 aliphatic rings. The monoisotopic (exact) mass is 291 g/mol. The molecule has 0 bridgehead atoms. The highest BCUT2D eigenvalue weighted by Gasteiger charge is 2.18. The summed E-state index contributed by atoms with van der Waals surface area (Å²) in [5, 5.41) is 5.24. The van der Waals surface area contributed by atoms with Gasteiger partial charge in [-0.15, -0.1) is 0 Å². The lowest BCUT2D eigenvalue weighted by Crippen LogP contribution is -2.15. The number of rotatable bonds is 5. The summed E-state index contributed by atoms with van der Waals surface area (Å²) in [4.78, 5) is 0.0350. The van der Waals surface area contributed by atoms with Gasteiger partial charge in [-0.25, -0.2) is 13.6 Å². The van der Waals surface area contributed by atoms with E-state index < -0.39 is 10.0 Å². The third-order valence-corrected chi connectivity index (χ3v) is 3.83. The molecule has 2 aromatic carbocycles. The van der Waals surface area contributed by atoms with Crippen molar-refractivity contribution in [3.05, 3.63) is 59.7 Å². The van der Waals surface area contributed by atoms with Crippen LogP contribution in [-0.2, 0) is 16.4 Å². The van der Waals surface area contributed by atoms with Crippen LogP contribution in [0.2, 0.25) is 0 Å². The van der Waals surface area contributed by atoms with Gasteiger partial charge in [0, 0.05) is 6.42 Å². The van der Waals surface area contributed by atoms with Crippen LogP contribution in [0, 0.1) is 0 Å². The minimum Gasteiger partial charge on any atom is -0.492 e. The summed E-state index contributed by atoms with van der Waals surface area (Å²) >= 11 is 0. The second-order valence-corrected chi connectivity index (χ2v) is 5.91. The van der Waals surface area contributed by atoms with Crippen molar-refractivity contribution in [2.75, 3.05) is 6.61 Å². The van der Waals surface area contributed by atoms with Crippen LogP contribution >= 0.6 is 0 Å². The van der Waals surface area contributed by atoms with Crippen LogP contribution < -0.4 is 9.88 Å². The Bertz CT molecular complexity index is 682. The molecule has 106 valence electrons. The van der Waals surface area contributed by atoms with E-state index in [0.717, 1.165) is 11.1 Å². The van der Waals surface area contributed by atoms with Crippen LogP contribution in [0.3, 0.4) is 0 Å². The van der Waals surface area contributed by atoms with Crippen molar-refractivity contribution < 1.29 is 13.2 Å². The van der Waals surface area contributed by atoms with Crippen LogP contribution in [0.5, 0.6) is 5.75 Å². The molecule has 0 saturated carbocycles. The Kier molecular flexibility index (Phi) is 4.42. The Balaban J connectivity index is 2.47. The van der Waals surface area contributed by atoms with E-state index in [-0.39, 0.29) is 4.90 Å². The van der Waals surface area contributed by atoms with E-state index in [1.807, 2.05) is 43.3 Å². The average Bonchev–Trinajstić information content (AvgIpc) is 2.41. The first-order valence-corrected chi connectivity index (χ1v) is 7.88. The molecular formula is C15H17NO3S. The van der Waals surface area contributed by atoms with Crippen molar-refractivity contribution in [1.82, 2.24) is 0 Å². The zero-order valence-electron chi connectivity index (χ0n) is 11.2. The van der Waals surface area contributed by atoms with Gasteiger partial charge >= 0.3 is 0 Å². The van der Waals surface area contributed by atoms with Gasteiger partial charge in [0.05, 0.1) is 6.61 Å². The molecule has 0 saturated heterocycles. The van der Waals surface area contributed by atoms with Gasteiger partial charge < -0.3 is 4.74 Å². The summed E-state index contributed by atoms with van der Waals surface area (Å²) < 4.78 is 28.8. The molecule has 0 aromatic heterocycles. The highest BCUT2D eigenvalue weighted by atomic mass is 32.2. The molecule has 0 aliphatic carbocycles. The summed E-state index contributed by atoms with van der Waals surface area (Å²) in [7, 11) is -3.80. The maximum absolute atomic E-state index is 11.6. The Labute approximate surface area is 119 Å². The molecule has 0 radical (unpaired) electrons. The van der Waals surface area contributed by atoms with Crippen molar-refractivity contribution in [1.29, 1.82) is 0 Å². The minimum atomic E-state index is -3.80. The molecule has 0 aliphatic heterocycles. The van der Waals surface area contributed by atoms with E-state index in [1.165, 1.54) is 6.07 Å². The Morgan fingerprint density at radius 1 is 1.05 bits per heavy atom. The maximum Gasteiger partial charge on any atom is 0.241 e. The third kappa shape index (κ3) is 3.37. The predicted octanol–water partition coefficient (Wildman–Crippen LogP) is 2.32. The summed E-state index contributed by atoms with van der Waals surface area (Å²) in [6, 6.07) is 14.8. The van der Waals surface area contributed by atoms with Crippen LogP contribution in [-0.4, -0.2) is 15.0 Å². The second-order valence-electron chi connectivity index (χ2n) is 4.38. The van der Waals surface area contributed by atoms with Crippen molar-refractivity contribution in [2.24, 2.45) is 5.14 Å². The van der Waals surface area contributed by atoms with Crippen molar-refractivity contribution in [3.8, 4) is 5.75 Å². The van der Waals surface area contributed by atoms with Gasteiger partial charge in [-0.3, -0.25) is 0 Å². The lowest BCUT2D eigenvalue weighted by molar-refractivity contribution is 0.328. The quantitative estimate of drug-likeness (QED) is 0.919. The van der Waals surface area contributed by atoms with E-state index in [1.54, 1.807) is 6.07 Å². The second kappa shape index (κ2) is 6.07. The van der Waals surface area contributed by atoms with E-state index in [0.29, 0.717) is 18.8 Å². The number of ether oxygens (including phenoxy) is 1. The molecule has 0 atom stereocenters. The lowest BCUT2D eigenvalue weighted by atomic mass is 10.0. The minimum absolute atomic E-state index is 0.0350. The molecule has 20 heavy (non-hydrogen) atoms. The van der Waals surface area contributed by atoms with Gasteiger partial charge in [0.1, 0.15) is 10.6 Å². The first-order chi connectivity index (χ1) is 9.52. The molecule has 0 unspecified atom stereocenters. The molecule has 0 heterocycles. The maximum atomic E-state index is 11.6. The zero-order chi connectivity index (χ0) is 14.6. The molecular weight excluding hydrogens is 274 g/mol. The number of nitrogens with two attached hydrogens (primary N) is 1. The average molecular weight is 291 g/mol. The summed E-state index contributed by atoms with van der Waals surface area (Å²) in [6.45, 7) is 2.19. The van der Waals surface area contributed by atoms with E-state index in [4.69, 9.17) is 9.88 Å². The smallest absolute Gasteiger partial charge is 0.241 e. The summed E-state index contributed by atoms with van der Waals surface area (Å²) in [6.07, 6.45) is 0.597. The van der Waals surface area contributed by atoms with E-state index in [2.05, 4.69) is 0 Å². The number of para-hydroxylation sites is 1. The van der Waals surface area contributed by atoms with Crippen molar-refractivity contribution >= 4 is 10.0 Å². The lowest BCUT2D eigenvalue weighted by Gasteiger charge is -2.14. The van der Waals surface area contributed by atoms with Gasteiger partial charge in [-0.2, -0.15) is 0 Å². The molecule has 2 rings (SSSR count). The third-order valence-electron chi connectivity index (χ3n) is 2.89. The molecule has 5 heteroatoms. The first kappa shape index (κ1) is 14.6. The van der Waals surface area contributed by atoms with Gasteiger partial charge in [0.15, 0.2) is 0 Å². The summed E-state index contributed by atoms with van der Waals surface area (Å²) in [5.74, 6) is 0.348. The topological polar surface area (TPSA) is 69.4 Å². The van der Waals surface area contributed by atoms with Gasteiger partial charge in [-0.05, 0) is 24.1 Å². The highest BCUT2D eigenvalue weighted by Crippen LogP contribution is 2.29. The van der Waals surface area contributed by atoms with Crippen molar-refractivity contribution in [3.63, 3.8) is 0 Å². The molecule has 0 fully saturated rings. The number of hydrogen-bond donors (Lipinski definition) is 1. The zero-order valence-corrected chi connectivity index (χ0v) is 12.1. The number of hydrogen-bond acceptors (Lipinski definition) is 3. The van der Waals surface area contributed by atoms with Gasteiger partial charge in [-0.1, -0.05) is 42.5 Å². The first-order valence-electron chi connectivity index (χ1n) is 6.33. The Morgan fingerprint density at radius 3 is 2.35 bits per heavy atom. The summed E-state index contributed by atoms with van der Waals surface area (Å²) in [5.41, 5.74) is 1.89. The molecule has 0 spiro atoms. The Morgan fingerprint density at radius 2 is 1.75 bits per heavy atom. The van der Waals surface area contributed by atoms with Gasteiger partial charge in [0.25, 0.3) is 0 Å². The Hall–Kier alpha value is -1.85. The van der Waals surface area contributed by atoms with Crippen LogP contribution in [0.25, 0.3) is 0 Å². The fourth-order valence-corrected chi connectivity index (χ4v) is 2.77. The standard InChI is InChI=1S/C15H17NO3S/c1-2-19-15-13(11-12-7-4-3-5-8-12)9-6-10-14(15)20(16,17)18/h3-10H,2,11H2,1H3,(H2,16,17,18). The number of primary sulfonamides is 1. The number of sulfonamides is 1. The molecule has 4 nitrogen and oxygen atoms in total. The number of benzene rings is 2. The van der Waals surface area contributed by atoms with Crippen LogP contribution in [0.1, 0.15) is 18.1 Å². The van der Waals surface area contributed by atoms with Gasteiger partial charge in [0.2, 0.25) is 10.0 Å². The van der Waals surface area contributed by atoms with Crippen LogP contribution in [0.15, 0.2) is 53.4 Å². The molecule has 2 N–H and O–H groups in total. The largest absolute Gasteiger partial charge is 0.492 e. The van der Waals surface area contributed by atoms with Crippen molar-refractivity contribution in [2.45, 2.75) is 18.2 Å².